The van der Waals surface area contributed by atoms with Crippen LogP contribution in [0.25, 0.3) is 0 Å². The van der Waals surface area contributed by atoms with Crippen molar-refractivity contribution in [2.45, 2.75) is 23.4 Å². The van der Waals surface area contributed by atoms with Crippen molar-refractivity contribution in [3.8, 4) is 0 Å². The molecule has 1 heterocycles. The van der Waals surface area contributed by atoms with Crippen LogP contribution in [0.15, 0.2) is 23.1 Å². The van der Waals surface area contributed by atoms with Crippen LogP contribution in [0.4, 0.5) is 17.6 Å². The van der Waals surface area contributed by atoms with Crippen LogP contribution in [0.1, 0.15) is 17.9 Å². The van der Waals surface area contributed by atoms with E-state index in [1.807, 2.05) is 0 Å². The number of carbonyl (C=O) groups excluding carboxylic acids is 1. The van der Waals surface area contributed by atoms with E-state index in [1.54, 1.807) is 0 Å². The van der Waals surface area contributed by atoms with E-state index in [0.717, 1.165) is 12.1 Å². The fourth-order valence-electron chi connectivity index (χ4n) is 2.73. The Morgan fingerprint density at radius 1 is 1.35 bits per heavy atom. The van der Waals surface area contributed by atoms with Gasteiger partial charge in [-0.05, 0) is 49.2 Å². The average Bonchev–Trinajstić information content (AvgIpc) is 2.90. The molecule has 1 aromatic carbocycles. The first-order valence-corrected chi connectivity index (χ1v) is 8.88. The van der Waals surface area contributed by atoms with E-state index in [1.165, 1.54) is 0 Å². The van der Waals surface area contributed by atoms with Crippen molar-refractivity contribution >= 4 is 25.5 Å². The smallest absolute Gasteiger partial charge is 0.316 e. The van der Waals surface area contributed by atoms with Gasteiger partial charge in [0, 0.05) is 10.7 Å². The largest absolute Gasteiger partial charge is 0.450 e. The number of nitrogens with one attached hydrogen (secondary N) is 1. The van der Waals surface area contributed by atoms with E-state index in [9.17, 15) is 30.8 Å². The van der Waals surface area contributed by atoms with Gasteiger partial charge in [0.1, 0.15) is 5.82 Å². The van der Waals surface area contributed by atoms with Gasteiger partial charge in [-0.2, -0.15) is 13.2 Å². The maximum Gasteiger partial charge on any atom is 0.450 e. The van der Waals surface area contributed by atoms with Gasteiger partial charge in [0.2, 0.25) is 5.78 Å². The summed E-state index contributed by atoms with van der Waals surface area (Å²) in [6.45, 7) is 0.468. The zero-order valence-corrected chi connectivity index (χ0v) is 13.1. The Balaban J connectivity index is 2.64. The number of benzene rings is 1. The van der Waals surface area contributed by atoms with E-state index < -0.39 is 49.1 Å². The lowest BCUT2D eigenvalue weighted by Gasteiger charge is -2.24. The molecule has 10 heteroatoms. The molecule has 1 N–H and O–H groups in total. The highest BCUT2D eigenvalue weighted by atomic mass is 35.7. The minimum Gasteiger partial charge on any atom is -0.316 e. The Bertz CT molecular complexity index is 714. The number of halogens is 5. The van der Waals surface area contributed by atoms with Crippen molar-refractivity contribution in [2.24, 2.45) is 5.92 Å². The number of hydrogen-bond acceptors (Lipinski definition) is 4. The fourth-order valence-corrected chi connectivity index (χ4v) is 3.85. The Morgan fingerprint density at radius 2 is 2.00 bits per heavy atom. The fraction of sp³-hybridized carbons (Fsp3) is 0.462. The van der Waals surface area contributed by atoms with Crippen LogP contribution in [-0.4, -0.2) is 33.5 Å². The van der Waals surface area contributed by atoms with Gasteiger partial charge in [-0.3, -0.25) is 4.79 Å². The zero-order chi connectivity index (χ0) is 17.4. The molecule has 128 valence electrons. The summed E-state index contributed by atoms with van der Waals surface area (Å²) < 4.78 is 75.4. The normalized spacial score (nSPS) is 20.5. The van der Waals surface area contributed by atoms with Gasteiger partial charge in [0.15, 0.2) is 0 Å². The van der Waals surface area contributed by atoms with Crippen molar-refractivity contribution < 1.29 is 30.8 Å². The molecule has 1 aromatic rings. The number of ketones is 1. The molecular weight excluding hydrogens is 362 g/mol. The van der Waals surface area contributed by atoms with E-state index in [0.29, 0.717) is 12.6 Å². The molecular formula is C13H12ClF4NO3S. The third-order valence-electron chi connectivity index (χ3n) is 3.70. The quantitative estimate of drug-likeness (QED) is 0.651. The highest BCUT2D eigenvalue weighted by Gasteiger charge is 2.48. The molecule has 1 saturated heterocycles. The highest BCUT2D eigenvalue weighted by molar-refractivity contribution is 8.13. The van der Waals surface area contributed by atoms with Crippen LogP contribution in [0.2, 0.25) is 0 Å². The second-order valence-corrected chi connectivity index (χ2v) is 7.75. The maximum absolute atomic E-state index is 13.5. The summed E-state index contributed by atoms with van der Waals surface area (Å²) in [4.78, 5) is 11.1. The van der Waals surface area contributed by atoms with E-state index in [-0.39, 0.29) is 13.0 Å². The van der Waals surface area contributed by atoms with Crippen LogP contribution in [0.3, 0.4) is 0 Å². The number of alkyl halides is 3. The molecule has 2 rings (SSSR count). The SMILES string of the molecule is O=C([C@H](c1cc(F)ccc1S(=O)(=O)Cl)C1CCNC1)C(F)(F)F. The van der Waals surface area contributed by atoms with E-state index in [2.05, 4.69) is 5.32 Å². The molecule has 0 aromatic heterocycles. The topological polar surface area (TPSA) is 63.2 Å². The average molecular weight is 374 g/mol. The minimum atomic E-state index is -5.17. The molecule has 23 heavy (non-hydrogen) atoms. The van der Waals surface area contributed by atoms with Crippen molar-refractivity contribution in [1.29, 1.82) is 0 Å². The predicted octanol–water partition coefficient (Wildman–Crippen LogP) is 2.58. The second-order valence-electron chi connectivity index (χ2n) is 5.21. The lowest BCUT2D eigenvalue weighted by molar-refractivity contribution is -0.174. The van der Waals surface area contributed by atoms with Crippen LogP contribution < -0.4 is 5.32 Å². The lowest BCUT2D eigenvalue weighted by Crippen LogP contribution is -2.35. The van der Waals surface area contributed by atoms with E-state index >= 15 is 0 Å². The molecule has 0 amide bonds. The Kier molecular flexibility index (Phi) is 5.03. The van der Waals surface area contributed by atoms with Crippen LogP contribution in [0, 0.1) is 11.7 Å². The maximum atomic E-state index is 13.5. The summed E-state index contributed by atoms with van der Waals surface area (Å²) in [5.74, 6) is -5.69. The number of hydrogen-bond donors (Lipinski definition) is 1. The van der Waals surface area contributed by atoms with Crippen molar-refractivity contribution in [2.75, 3.05) is 13.1 Å². The lowest BCUT2D eigenvalue weighted by atomic mass is 9.82. The van der Waals surface area contributed by atoms with Crippen molar-refractivity contribution in [1.82, 2.24) is 5.32 Å². The summed E-state index contributed by atoms with van der Waals surface area (Å²) in [7, 11) is 0.789. The Labute approximate surface area is 134 Å². The van der Waals surface area contributed by atoms with Crippen LogP contribution >= 0.6 is 10.7 Å². The summed E-state index contributed by atoms with van der Waals surface area (Å²) in [6, 6.07) is 2.16. The number of rotatable bonds is 4. The molecule has 1 aliphatic rings. The van der Waals surface area contributed by atoms with Gasteiger partial charge in [-0.1, -0.05) is 0 Å². The molecule has 0 saturated carbocycles. The van der Waals surface area contributed by atoms with Crippen molar-refractivity contribution in [3.63, 3.8) is 0 Å². The molecule has 0 bridgehead atoms. The zero-order valence-electron chi connectivity index (χ0n) is 11.5. The predicted molar refractivity (Wildman–Crippen MR) is 74.2 cm³/mol. The second kappa shape index (κ2) is 6.37. The summed E-state index contributed by atoms with van der Waals surface area (Å²) in [6.07, 6.45) is -4.95. The van der Waals surface area contributed by atoms with Crippen LogP contribution in [-0.2, 0) is 13.8 Å². The van der Waals surface area contributed by atoms with E-state index in [4.69, 9.17) is 10.7 Å². The highest BCUT2D eigenvalue weighted by Crippen LogP contribution is 2.39. The molecule has 1 aliphatic heterocycles. The van der Waals surface area contributed by atoms with Crippen LogP contribution in [0.5, 0.6) is 0 Å². The van der Waals surface area contributed by atoms with Gasteiger partial charge < -0.3 is 5.32 Å². The minimum absolute atomic E-state index is 0.0881. The first-order chi connectivity index (χ1) is 10.5. The first kappa shape index (κ1) is 18.2. The molecule has 1 fully saturated rings. The van der Waals surface area contributed by atoms with Gasteiger partial charge in [0.25, 0.3) is 9.05 Å². The molecule has 1 unspecified atom stereocenters. The molecule has 0 spiro atoms. The number of carbonyl (C=O) groups is 1. The molecule has 2 atom stereocenters. The molecule has 0 aliphatic carbocycles. The molecule has 0 radical (unpaired) electrons. The van der Waals surface area contributed by atoms with Gasteiger partial charge in [-0.25, -0.2) is 12.8 Å². The summed E-state index contributed by atoms with van der Waals surface area (Å²) >= 11 is 0. The Morgan fingerprint density at radius 3 is 2.48 bits per heavy atom. The third kappa shape index (κ3) is 4.02. The first-order valence-electron chi connectivity index (χ1n) is 6.57. The standard InChI is InChI=1S/C13H12ClF4NO3S/c14-23(21,22)10-2-1-8(15)5-9(10)11(7-3-4-19-6-7)12(20)13(16,17)18/h1-2,5,7,11,19H,3-4,6H2/t7?,11-/m0/s1. The van der Waals surface area contributed by atoms with Crippen molar-refractivity contribution in [3.05, 3.63) is 29.6 Å². The van der Waals surface area contributed by atoms with Gasteiger partial charge in [-0.15, -0.1) is 0 Å². The van der Waals surface area contributed by atoms with Gasteiger partial charge in [0.05, 0.1) is 10.8 Å². The van der Waals surface area contributed by atoms with Gasteiger partial charge >= 0.3 is 6.18 Å². The summed E-state index contributed by atoms with van der Waals surface area (Å²) in [5, 5.41) is 2.81. The Hall–Kier alpha value is -1.19. The summed E-state index contributed by atoms with van der Waals surface area (Å²) in [5.41, 5.74) is -0.559. The molecule has 4 nitrogen and oxygen atoms in total. The number of Topliss-reactive ketones (excluding diaryl/α,β-unsaturated/α-hetero) is 1. The monoisotopic (exact) mass is 373 g/mol. The third-order valence-corrected chi connectivity index (χ3v) is 5.10.